The highest BCUT2D eigenvalue weighted by Crippen LogP contribution is 2.25. The van der Waals surface area contributed by atoms with Gasteiger partial charge >= 0.3 is 5.97 Å². The predicted octanol–water partition coefficient (Wildman–Crippen LogP) is 3.82. The first kappa shape index (κ1) is 15.2. The van der Waals surface area contributed by atoms with Gasteiger partial charge in [-0.05, 0) is 25.1 Å². The molecule has 0 aliphatic rings. The van der Waals surface area contributed by atoms with E-state index < -0.39 is 5.97 Å². The van der Waals surface area contributed by atoms with Gasteiger partial charge in [-0.3, -0.25) is 0 Å². The molecule has 2 rings (SSSR count). The van der Waals surface area contributed by atoms with Crippen molar-refractivity contribution in [1.82, 2.24) is 4.98 Å². The highest BCUT2D eigenvalue weighted by Gasteiger charge is 2.15. The maximum absolute atomic E-state index is 11.9. The minimum atomic E-state index is -0.419. The molecule has 1 aromatic carbocycles. The highest BCUT2D eigenvalue weighted by atomic mass is 35.5. The summed E-state index contributed by atoms with van der Waals surface area (Å²) in [6, 6.07) is 7.87. The number of hydrogen-bond acceptors (Lipinski definition) is 3. The molecule has 4 nitrogen and oxygen atoms in total. The zero-order valence-electron chi connectivity index (χ0n) is 11.9. The number of hydrogen-bond donors (Lipinski definition) is 2. The number of aromatic nitrogens is 1. The Morgan fingerprint density at radius 2 is 2.24 bits per heavy atom. The third-order valence-corrected chi connectivity index (χ3v) is 3.28. The largest absolute Gasteiger partial charge is 0.465 e. The van der Waals surface area contributed by atoms with Crippen LogP contribution >= 0.6 is 11.6 Å². The topological polar surface area (TPSA) is 54.1 Å². The fourth-order valence-corrected chi connectivity index (χ4v) is 2.28. The molecule has 2 N–H and O–H groups in total. The standard InChI is InChI=1S/C16H17ClN2O2/c1-3-13(12(7-9-17)16(20)21-2)19-15-6-4-5-14-11(15)8-10-18-14/h3-8,10,18-19H,9H2,1-2H3/b12-7+,13-3+. The number of esters is 1. The summed E-state index contributed by atoms with van der Waals surface area (Å²) in [5.41, 5.74) is 3.02. The SMILES string of the molecule is C/C=C(Nc1cccc2[nH]ccc12)\C(=C/CCl)C(=O)OC. The van der Waals surface area contributed by atoms with Gasteiger partial charge in [0.1, 0.15) is 0 Å². The van der Waals surface area contributed by atoms with Crippen LogP contribution in [0.2, 0.25) is 0 Å². The van der Waals surface area contributed by atoms with Crippen LogP contribution in [-0.4, -0.2) is 23.9 Å². The van der Waals surface area contributed by atoms with Crippen LogP contribution in [0.25, 0.3) is 10.9 Å². The number of fused-ring (bicyclic) bond motifs is 1. The summed E-state index contributed by atoms with van der Waals surface area (Å²) in [5.74, 6) is -0.185. The van der Waals surface area contributed by atoms with Crippen LogP contribution in [-0.2, 0) is 9.53 Å². The molecule has 0 fully saturated rings. The number of ether oxygens (including phenoxy) is 1. The van der Waals surface area contributed by atoms with Crippen LogP contribution in [0, 0.1) is 0 Å². The number of allylic oxidation sites excluding steroid dienone is 2. The molecular formula is C16H17ClN2O2. The number of carbonyl (C=O) groups is 1. The molecule has 0 unspecified atom stereocenters. The van der Waals surface area contributed by atoms with Crippen molar-refractivity contribution in [3.8, 4) is 0 Å². The highest BCUT2D eigenvalue weighted by molar-refractivity contribution is 6.19. The number of rotatable bonds is 5. The normalized spacial score (nSPS) is 12.5. The molecule has 0 atom stereocenters. The van der Waals surface area contributed by atoms with E-state index in [4.69, 9.17) is 16.3 Å². The van der Waals surface area contributed by atoms with Crippen molar-refractivity contribution in [2.75, 3.05) is 18.3 Å². The summed E-state index contributed by atoms with van der Waals surface area (Å²) in [6.07, 6.45) is 5.33. The first-order chi connectivity index (χ1) is 10.2. The Bertz CT molecular complexity index is 701. The smallest absolute Gasteiger partial charge is 0.339 e. The summed E-state index contributed by atoms with van der Waals surface area (Å²) in [5, 5.41) is 4.32. The van der Waals surface area contributed by atoms with E-state index in [1.54, 1.807) is 6.08 Å². The van der Waals surface area contributed by atoms with Gasteiger partial charge < -0.3 is 15.0 Å². The molecule has 2 aromatic rings. The van der Waals surface area contributed by atoms with Gasteiger partial charge in [0.05, 0.1) is 12.7 Å². The molecule has 21 heavy (non-hydrogen) atoms. The summed E-state index contributed by atoms with van der Waals surface area (Å²) in [7, 11) is 1.35. The monoisotopic (exact) mass is 304 g/mol. The molecule has 5 heteroatoms. The second kappa shape index (κ2) is 6.99. The van der Waals surface area contributed by atoms with Gasteiger partial charge in [0, 0.05) is 34.4 Å². The third-order valence-electron chi connectivity index (χ3n) is 3.13. The molecule has 0 aliphatic carbocycles. The second-order valence-corrected chi connectivity index (χ2v) is 4.64. The third kappa shape index (κ3) is 3.28. The number of anilines is 1. The molecule has 0 saturated carbocycles. The van der Waals surface area contributed by atoms with E-state index in [1.165, 1.54) is 7.11 Å². The van der Waals surface area contributed by atoms with Gasteiger partial charge in [0.25, 0.3) is 0 Å². The first-order valence-electron chi connectivity index (χ1n) is 6.55. The number of aromatic amines is 1. The van der Waals surface area contributed by atoms with Crippen molar-refractivity contribution in [3.63, 3.8) is 0 Å². The number of nitrogens with one attached hydrogen (secondary N) is 2. The van der Waals surface area contributed by atoms with Crippen LogP contribution in [0.4, 0.5) is 5.69 Å². The molecule has 1 aromatic heterocycles. The zero-order chi connectivity index (χ0) is 15.2. The van der Waals surface area contributed by atoms with Crippen LogP contribution < -0.4 is 5.32 Å². The van der Waals surface area contributed by atoms with Crippen molar-refractivity contribution in [2.24, 2.45) is 0 Å². The van der Waals surface area contributed by atoms with E-state index in [9.17, 15) is 4.79 Å². The lowest BCUT2D eigenvalue weighted by atomic mass is 10.1. The van der Waals surface area contributed by atoms with Crippen molar-refractivity contribution in [3.05, 3.63) is 53.9 Å². The Morgan fingerprint density at radius 3 is 2.90 bits per heavy atom. The number of carbonyl (C=O) groups excluding carboxylic acids is 1. The van der Waals surface area contributed by atoms with Crippen molar-refractivity contribution in [1.29, 1.82) is 0 Å². The summed E-state index contributed by atoms with van der Waals surface area (Å²) < 4.78 is 4.81. The van der Waals surface area contributed by atoms with Gasteiger partial charge in [0.2, 0.25) is 0 Å². The molecule has 0 aliphatic heterocycles. The first-order valence-corrected chi connectivity index (χ1v) is 7.09. The van der Waals surface area contributed by atoms with Crippen molar-refractivity contribution in [2.45, 2.75) is 6.92 Å². The molecule has 1 heterocycles. The van der Waals surface area contributed by atoms with Gasteiger partial charge in [-0.15, -0.1) is 11.6 Å². The van der Waals surface area contributed by atoms with Crippen LogP contribution in [0.1, 0.15) is 6.92 Å². The average molecular weight is 305 g/mol. The van der Waals surface area contributed by atoms with Gasteiger partial charge in [-0.1, -0.05) is 18.2 Å². The Balaban J connectivity index is 2.37. The zero-order valence-corrected chi connectivity index (χ0v) is 12.7. The van der Waals surface area contributed by atoms with Gasteiger partial charge in [-0.25, -0.2) is 4.79 Å². The summed E-state index contributed by atoms with van der Waals surface area (Å²) in [4.78, 5) is 15.0. The lowest BCUT2D eigenvalue weighted by Gasteiger charge is -2.14. The lowest BCUT2D eigenvalue weighted by Crippen LogP contribution is -2.13. The second-order valence-electron chi connectivity index (χ2n) is 4.34. The van der Waals surface area contributed by atoms with Crippen LogP contribution in [0.3, 0.4) is 0 Å². The van der Waals surface area contributed by atoms with Crippen LogP contribution in [0.15, 0.2) is 53.9 Å². The van der Waals surface area contributed by atoms with Gasteiger partial charge in [-0.2, -0.15) is 0 Å². The molecule has 0 radical (unpaired) electrons. The number of methoxy groups -OCH3 is 1. The molecule has 0 saturated heterocycles. The lowest BCUT2D eigenvalue weighted by molar-refractivity contribution is -0.135. The van der Waals surface area contributed by atoms with E-state index in [0.717, 1.165) is 16.6 Å². The number of alkyl halides is 1. The molecule has 0 bridgehead atoms. The van der Waals surface area contributed by atoms with E-state index >= 15 is 0 Å². The number of halogens is 1. The number of benzene rings is 1. The Hall–Kier alpha value is -2.20. The fourth-order valence-electron chi connectivity index (χ4n) is 2.12. The Morgan fingerprint density at radius 1 is 1.43 bits per heavy atom. The minimum Gasteiger partial charge on any atom is -0.465 e. The van der Waals surface area contributed by atoms with E-state index in [2.05, 4.69) is 10.3 Å². The molecule has 0 amide bonds. The van der Waals surface area contributed by atoms with E-state index in [1.807, 2.05) is 43.5 Å². The molecule has 110 valence electrons. The van der Waals surface area contributed by atoms with Crippen molar-refractivity contribution >= 4 is 34.2 Å². The van der Waals surface area contributed by atoms with E-state index in [-0.39, 0.29) is 5.88 Å². The molecular weight excluding hydrogens is 288 g/mol. The van der Waals surface area contributed by atoms with Crippen LogP contribution in [0.5, 0.6) is 0 Å². The Kier molecular flexibility index (Phi) is 5.06. The number of H-pyrrole nitrogens is 1. The average Bonchev–Trinajstić information content (AvgIpc) is 2.99. The quantitative estimate of drug-likeness (QED) is 0.382. The van der Waals surface area contributed by atoms with Gasteiger partial charge in [0.15, 0.2) is 0 Å². The van der Waals surface area contributed by atoms with Crippen molar-refractivity contribution < 1.29 is 9.53 Å². The maximum atomic E-state index is 11.9. The Labute approximate surface area is 128 Å². The summed E-state index contributed by atoms with van der Waals surface area (Å²) in [6.45, 7) is 1.85. The predicted molar refractivity (Wildman–Crippen MR) is 86.5 cm³/mol. The summed E-state index contributed by atoms with van der Waals surface area (Å²) >= 11 is 5.73. The molecule has 0 spiro atoms. The fraction of sp³-hybridized carbons (Fsp3) is 0.188. The minimum absolute atomic E-state index is 0.234. The maximum Gasteiger partial charge on any atom is 0.339 e. The van der Waals surface area contributed by atoms with E-state index in [0.29, 0.717) is 11.3 Å².